The molecule has 0 saturated heterocycles. The Morgan fingerprint density at radius 1 is 1.75 bits per heavy atom. The van der Waals surface area contributed by atoms with Gasteiger partial charge < -0.3 is 10.1 Å². The smallest absolute Gasteiger partial charge is 0.156 e. The molecule has 1 aliphatic rings. The number of amidine groups is 1. The standard InChI is InChI=1S/C8H16N2OS/c1-3-11-7(2)6-10-8-9-4-5-12-8/h7H,3-6H2,1-2H3,(H,9,10). The van der Waals surface area contributed by atoms with Crippen LogP contribution in [0.25, 0.3) is 0 Å². The van der Waals surface area contributed by atoms with Crippen LogP contribution in [-0.2, 0) is 4.74 Å². The molecule has 1 rings (SSSR count). The Hall–Kier alpha value is -0.220. The Kier molecular flexibility index (Phi) is 4.46. The summed E-state index contributed by atoms with van der Waals surface area (Å²) in [5, 5.41) is 4.33. The van der Waals surface area contributed by atoms with Crippen LogP contribution in [0.5, 0.6) is 0 Å². The van der Waals surface area contributed by atoms with Gasteiger partial charge in [0.25, 0.3) is 0 Å². The van der Waals surface area contributed by atoms with Gasteiger partial charge in [0, 0.05) is 18.9 Å². The minimum absolute atomic E-state index is 0.277. The summed E-state index contributed by atoms with van der Waals surface area (Å²) in [7, 11) is 0. The first-order valence-electron chi connectivity index (χ1n) is 4.35. The van der Waals surface area contributed by atoms with E-state index in [0.29, 0.717) is 0 Å². The molecule has 0 spiro atoms. The zero-order chi connectivity index (χ0) is 8.81. The average molecular weight is 188 g/mol. The molecule has 0 amide bonds. The van der Waals surface area contributed by atoms with Crippen molar-refractivity contribution in [3.63, 3.8) is 0 Å². The van der Waals surface area contributed by atoms with E-state index >= 15 is 0 Å². The molecule has 0 bridgehead atoms. The quantitative estimate of drug-likeness (QED) is 0.717. The maximum Gasteiger partial charge on any atom is 0.156 e. The molecule has 0 radical (unpaired) electrons. The van der Waals surface area contributed by atoms with E-state index in [4.69, 9.17) is 4.74 Å². The maximum atomic E-state index is 5.37. The molecule has 1 unspecified atom stereocenters. The van der Waals surface area contributed by atoms with Gasteiger partial charge in [-0.2, -0.15) is 0 Å². The molecule has 0 aromatic heterocycles. The Morgan fingerprint density at radius 3 is 3.17 bits per heavy atom. The van der Waals surface area contributed by atoms with Gasteiger partial charge in [-0.3, -0.25) is 4.99 Å². The van der Waals surface area contributed by atoms with Crippen LogP contribution in [0.4, 0.5) is 0 Å². The minimum Gasteiger partial charge on any atom is -0.377 e. The lowest BCUT2D eigenvalue weighted by molar-refractivity contribution is 0.0796. The zero-order valence-corrected chi connectivity index (χ0v) is 8.49. The molecular weight excluding hydrogens is 172 g/mol. The third kappa shape index (κ3) is 3.45. The van der Waals surface area contributed by atoms with E-state index in [1.165, 1.54) is 0 Å². The highest BCUT2D eigenvalue weighted by molar-refractivity contribution is 8.14. The fourth-order valence-corrected chi connectivity index (χ4v) is 1.76. The topological polar surface area (TPSA) is 33.6 Å². The molecule has 4 heteroatoms. The van der Waals surface area contributed by atoms with Crippen LogP contribution in [0.15, 0.2) is 4.99 Å². The molecule has 1 heterocycles. The largest absolute Gasteiger partial charge is 0.377 e. The van der Waals surface area contributed by atoms with E-state index in [0.717, 1.165) is 30.6 Å². The summed E-state index contributed by atoms with van der Waals surface area (Å²) in [6, 6.07) is 0. The number of rotatable bonds is 4. The molecule has 0 aromatic carbocycles. The maximum absolute atomic E-state index is 5.37. The van der Waals surface area contributed by atoms with E-state index in [-0.39, 0.29) is 6.10 Å². The Morgan fingerprint density at radius 2 is 2.58 bits per heavy atom. The van der Waals surface area contributed by atoms with Gasteiger partial charge in [-0.15, -0.1) is 0 Å². The molecule has 12 heavy (non-hydrogen) atoms. The van der Waals surface area contributed by atoms with Crippen molar-refractivity contribution >= 4 is 16.9 Å². The van der Waals surface area contributed by atoms with E-state index in [1.54, 1.807) is 11.8 Å². The lowest BCUT2D eigenvalue weighted by Crippen LogP contribution is -2.29. The molecule has 1 N–H and O–H groups in total. The van der Waals surface area contributed by atoms with Gasteiger partial charge >= 0.3 is 0 Å². The summed E-state index contributed by atoms with van der Waals surface area (Å²) in [6.45, 7) is 6.67. The van der Waals surface area contributed by atoms with Crippen LogP contribution >= 0.6 is 11.8 Å². The van der Waals surface area contributed by atoms with Gasteiger partial charge in [-0.25, -0.2) is 0 Å². The highest BCUT2D eigenvalue weighted by atomic mass is 32.2. The van der Waals surface area contributed by atoms with Gasteiger partial charge in [0.05, 0.1) is 12.6 Å². The van der Waals surface area contributed by atoms with E-state index in [9.17, 15) is 0 Å². The van der Waals surface area contributed by atoms with Crippen LogP contribution in [0.2, 0.25) is 0 Å². The SMILES string of the molecule is CCOC(C)CNC1=NCCS1. The average Bonchev–Trinajstić information content (AvgIpc) is 2.53. The monoisotopic (exact) mass is 188 g/mol. The third-order valence-corrected chi connectivity index (χ3v) is 2.51. The van der Waals surface area contributed by atoms with Crippen molar-refractivity contribution < 1.29 is 4.74 Å². The molecule has 0 fully saturated rings. The molecule has 1 aliphatic heterocycles. The van der Waals surface area contributed by atoms with Gasteiger partial charge in [0.1, 0.15) is 0 Å². The lowest BCUT2D eigenvalue weighted by atomic mass is 10.4. The summed E-state index contributed by atoms with van der Waals surface area (Å²) < 4.78 is 5.37. The summed E-state index contributed by atoms with van der Waals surface area (Å²) >= 11 is 1.79. The molecule has 0 saturated carbocycles. The number of hydrogen-bond acceptors (Lipinski definition) is 4. The molecular formula is C8H16N2OS. The Bertz CT molecular complexity index is 161. The summed E-state index contributed by atoms with van der Waals surface area (Å²) in [6.07, 6.45) is 0.277. The first-order chi connectivity index (χ1) is 5.83. The number of hydrogen-bond donors (Lipinski definition) is 1. The molecule has 0 aromatic rings. The summed E-state index contributed by atoms with van der Waals surface area (Å²) in [5.41, 5.74) is 0. The number of thioether (sulfide) groups is 1. The van der Waals surface area contributed by atoms with Crippen molar-refractivity contribution in [3.8, 4) is 0 Å². The summed E-state index contributed by atoms with van der Waals surface area (Å²) in [4.78, 5) is 4.28. The van der Waals surface area contributed by atoms with E-state index in [2.05, 4.69) is 17.2 Å². The molecule has 3 nitrogen and oxygen atoms in total. The van der Waals surface area contributed by atoms with Crippen LogP contribution in [0.3, 0.4) is 0 Å². The van der Waals surface area contributed by atoms with Crippen molar-refractivity contribution in [2.75, 3.05) is 25.4 Å². The van der Waals surface area contributed by atoms with E-state index in [1.807, 2.05) is 6.92 Å². The number of nitrogens with one attached hydrogen (secondary N) is 1. The predicted octanol–water partition coefficient (Wildman–Crippen LogP) is 1.10. The van der Waals surface area contributed by atoms with Gasteiger partial charge in [-0.05, 0) is 13.8 Å². The highest BCUT2D eigenvalue weighted by Crippen LogP contribution is 2.08. The number of nitrogens with zero attached hydrogens (tertiary/aromatic N) is 1. The minimum atomic E-state index is 0.277. The second kappa shape index (κ2) is 5.43. The van der Waals surface area contributed by atoms with Crippen LogP contribution in [-0.4, -0.2) is 36.7 Å². The number of ether oxygens (including phenoxy) is 1. The Balaban J connectivity index is 2.07. The normalized spacial score (nSPS) is 19.0. The number of aliphatic imine (C=N–C) groups is 1. The second-order valence-electron chi connectivity index (χ2n) is 2.68. The fourth-order valence-electron chi connectivity index (χ4n) is 1.02. The van der Waals surface area contributed by atoms with Crippen molar-refractivity contribution in [1.82, 2.24) is 5.32 Å². The fraction of sp³-hybridized carbons (Fsp3) is 0.875. The lowest BCUT2D eigenvalue weighted by Gasteiger charge is -2.12. The molecule has 0 aliphatic carbocycles. The highest BCUT2D eigenvalue weighted by Gasteiger charge is 2.07. The van der Waals surface area contributed by atoms with Crippen molar-refractivity contribution in [2.45, 2.75) is 20.0 Å². The van der Waals surface area contributed by atoms with Gasteiger partial charge in [-0.1, -0.05) is 11.8 Å². The zero-order valence-electron chi connectivity index (χ0n) is 7.67. The summed E-state index contributed by atoms with van der Waals surface area (Å²) in [5.74, 6) is 1.12. The molecule has 1 atom stereocenters. The second-order valence-corrected chi connectivity index (χ2v) is 3.77. The van der Waals surface area contributed by atoms with Crippen LogP contribution in [0, 0.1) is 0 Å². The first kappa shape index (κ1) is 9.86. The predicted molar refractivity (Wildman–Crippen MR) is 53.9 cm³/mol. The van der Waals surface area contributed by atoms with Crippen molar-refractivity contribution in [2.24, 2.45) is 4.99 Å². The Labute approximate surface area is 78.0 Å². The third-order valence-electron chi connectivity index (χ3n) is 1.58. The van der Waals surface area contributed by atoms with E-state index < -0.39 is 0 Å². The molecule has 70 valence electrons. The van der Waals surface area contributed by atoms with Gasteiger partial charge in [0.2, 0.25) is 0 Å². The van der Waals surface area contributed by atoms with Gasteiger partial charge in [0.15, 0.2) is 5.17 Å². The first-order valence-corrected chi connectivity index (χ1v) is 5.34. The van der Waals surface area contributed by atoms with Crippen LogP contribution in [0.1, 0.15) is 13.8 Å². The van der Waals surface area contributed by atoms with Crippen LogP contribution < -0.4 is 5.32 Å². The van der Waals surface area contributed by atoms with Crippen molar-refractivity contribution in [3.05, 3.63) is 0 Å². The van der Waals surface area contributed by atoms with Crippen molar-refractivity contribution in [1.29, 1.82) is 0 Å².